The van der Waals surface area contributed by atoms with Crippen LogP contribution in [0.3, 0.4) is 0 Å². The summed E-state index contributed by atoms with van der Waals surface area (Å²) in [6.07, 6.45) is 0.172. The van der Waals surface area contributed by atoms with Crippen molar-refractivity contribution in [2.45, 2.75) is 38.5 Å². The number of morpholine rings is 1. The van der Waals surface area contributed by atoms with Gasteiger partial charge >= 0.3 is 0 Å². The molecule has 1 aliphatic heterocycles. The van der Waals surface area contributed by atoms with Gasteiger partial charge in [0.25, 0.3) is 0 Å². The molecule has 1 fully saturated rings. The SMILES string of the molecule is CC1CN(C(CN)c2cc(Cl)ccc2Cl)CC(C)(C)O1. The van der Waals surface area contributed by atoms with E-state index in [1.807, 2.05) is 12.1 Å². The first-order valence-electron chi connectivity index (χ1n) is 6.89. The zero-order valence-electron chi connectivity index (χ0n) is 12.2. The Morgan fingerprint density at radius 1 is 1.45 bits per heavy atom. The summed E-state index contributed by atoms with van der Waals surface area (Å²) in [7, 11) is 0. The zero-order chi connectivity index (χ0) is 14.9. The van der Waals surface area contributed by atoms with Crippen molar-refractivity contribution in [3.8, 4) is 0 Å². The van der Waals surface area contributed by atoms with Gasteiger partial charge in [0.2, 0.25) is 0 Å². The maximum atomic E-state index is 6.32. The molecule has 0 spiro atoms. The highest BCUT2D eigenvalue weighted by Crippen LogP contribution is 2.33. The Balaban J connectivity index is 2.29. The van der Waals surface area contributed by atoms with E-state index < -0.39 is 0 Å². The van der Waals surface area contributed by atoms with E-state index in [2.05, 4.69) is 25.7 Å². The molecule has 1 aromatic carbocycles. The molecular formula is C15H22Cl2N2O. The highest BCUT2D eigenvalue weighted by Gasteiger charge is 2.35. The van der Waals surface area contributed by atoms with Gasteiger partial charge < -0.3 is 10.5 Å². The number of nitrogens with zero attached hydrogens (tertiary/aromatic N) is 1. The predicted molar refractivity (Wildman–Crippen MR) is 84.5 cm³/mol. The largest absolute Gasteiger partial charge is 0.370 e. The Kier molecular flexibility index (Phi) is 4.98. The van der Waals surface area contributed by atoms with Crippen molar-refractivity contribution >= 4 is 23.2 Å². The molecule has 1 aromatic rings. The molecule has 20 heavy (non-hydrogen) atoms. The summed E-state index contributed by atoms with van der Waals surface area (Å²) in [5.41, 5.74) is 6.81. The van der Waals surface area contributed by atoms with Gasteiger partial charge in [0.1, 0.15) is 0 Å². The quantitative estimate of drug-likeness (QED) is 0.927. The lowest BCUT2D eigenvalue weighted by Gasteiger charge is -2.45. The molecule has 0 saturated carbocycles. The van der Waals surface area contributed by atoms with Gasteiger partial charge in [-0.1, -0.05) is 23.2 Å². The fraction of sp³-hybridized carbons (Fsp3) is 0.600. The third-order valence-corrected chi connectivity index (χ3v) is 4.16. The third kappa shape index (κ3) is 3.66. The Labute approximate surface area is 131 Å². The van der Waals surface area contributed by atoms with E-state index >= 15 is 0 Å². The number of hydrogen-bond donors (Lipinski definition) is 1. The van der Waals surface area contributed by atoms with Gasteiger partial charge in [-0.25, -0.2) is 0 Å². The van der Waals surface area contributed by atoms with Crippen LogP contribution in [0.1, 0.15) is 32.4 Å². The number of nitrogens with two attached hydrogens (primary N) is 1. The Hall–Kier alpha value is -0.320. The van der Waals surface area contributed by atoms with Crippen LogP contribution in [0, 0.1) is 0 Å². The van der Waals surface area contributed by atoms with Gasteiger partial charge in [-0.15, -0.1) is 0 Å². The number of halogens is 2. The number of rotatable bonds is 3. The molecule has 2 rings (SSSR count). The summed E-state index contributed by atoms with van der Waals surface area (Å²) >= 11 is 12.4. The second kappa shape index (κ2) is 6.20. The van der Waals surface area contributed by atoms with Crippen LogP contribution < -0.4 is 5.73 Å². The van der Waals surface area contributed by atoms with Crippen LogP contribution in [0.25, 0.3) is 0 Å². The van der Waals surface area contributed by atoms with Gasteiger partial charge in [-0.2, -0.15) is 0 Å². The molecule has 0 aliphatic carbocycles. The van der Waals surface area contributed by atoms with Crippen LogP contribution in [0.15, 0.2) is 18.2 Å². The van der Waals surface area contributed by atoms with Crippen molar-refractivity contribution in [2.75, 3.05) is 19.6 Å². The van der Waals surface area contributed by atoms with Crippen LogP contribution in [0.2, 0.25) is 10.0 Å². The Bertz CT molecular complexity index is 479. The molecule has 112 valence electrons. The van der Waals surface area contributed by atoms with E-state index in [1.54, 1.807) is 6.07 Å². The second-order valence-electron chi connectivity index (χ2n) is 6.03. The first-order valence-corrected chi connectivity index (χ1v) is 7.65. The zero-order valence-corrected chi connectivity index (χ0v) is 13.7. The first kappa shape index (κ1) is 16.1. The Morgan fingerprint density at radius 2 is 2.15 bits per heavy atom. The van der Waals surface area contributed by atoms with Gasteiger partial charge in [0.05, 0.1) is 11.7 Å². The minimum atomic E-state index is -0.184. The lowest BCUT2D eigenvalue weighted by molar-refractivity contribution is -0.137. The van der Waals surface area contributed by atoms with Crippen LogP contribution in [-0.2, 0) is 4.74 Å². The molecule has 1 heterocycles. The molecule has 2 unspecified atom stereocenters. The van der Waals surface area contributed by atoms with Gasteiger partial charge in [0.15, 0.2) is 0 Å². The molecule has 5 heteroatoms. The number of ether oxygens (including phenoxy) is 1. The number of hydrogen-bond acceptors (Lipinski definition) is 3. The predicted octanol–water partition coefficient (Wildman–Crippen LogP) is 3.49. The summed E-state index contributed by atoms with van der Waals surface area (Å²) in [4.78, 5) is 2.34. The normalized spacial score (nSPS) is 24.6. The summed E-state index contributed by atoms with van der Waals surface area (Å²) in [5, 5.41) is 1.39. The van der Waals surface area contributed by atoms with Crippen molar-refractivity contribution in [3.05, 3.63) is 33.8 Å². The lowest BCUT2D eigenvalue weighted by Crippen LogP contribution is -2.53. The smallest absolute Gasteiger partial charge is 0.0757 e. The minimum absolute atomic E-state index is 0.0619. The monoisotopic (exact) mass is 316 g/mol. The molecule has 0 aromatic heterocycles. The topological polar surface area (TPSA) is 38.5 Å². The minimum Gasteiger partial charge on any atom is -0.370 e. The maximum Gasteiger partial charge on any atom is 0.0757 e. The van der Waals surface area contributed by atoms with Crippen molar-refractivity contribution in [3.63, 3.8) is 0 Å². The average molecular weight is 317 g/mol. The molecule has 2 N–H and O–H groups in total. The highest BCUT2D eigenvalue weighted by atomic mass is 35.5. The molecule has 0 amide bonds. The molecule has 1 aliphatic rings. The van der Waals surface area contributed by atoms with Crippen LogP contribution in [0.5, 0.6) is 0 Å². The molecular weight excluding hydrogens is 295 g/mol. The van der Waals surface area contributed by atoms with Gasteiger partial charge in [-0.05, 0) is 44.5 Å². The number of benzene rings is 1. The van der Waals surface area contributed by atoms with E-state index in [-0.39, 0.29) is 17.7 Å². The van der Waals surface area contributed by atoms with E-state index in [9.17, 15) is 0 Å². The molecule has 3 nitrogen and oxygen atoms in total. The van der Waals surface area contributed by atoms with Crippen LogP contribution >= 0.6 is 23.2 Å². The summed E-state index contributed by atoms with van der Waals surface area (Å²) in [6.45, 7) is 8.45. The van der Waals surface area contributed by atoms with E-state index in [0.29, 0.717) is 16.6 Å². The third-order valence-electron chi connectivity index (χ3n) is 3.58. The summed E-state index contributed by atoms with van der Waals surface area (Å²) < 4.78 is 5.95. The van der Waals surface area contributed by atoms with Gasteiger partial charge in [-0.3, -0.25) is 4.90 Å². The van der Waals surface area contributed by atoms with E-state index in [0.717, 1.165) is 18.7 Å². The van der Waals surface area contributed by atoms with E-state index in [1.165, 1.54) is 0 Å². The lowest BCUT2D eigenvalue weighted by atomic mass is 9.99. The van der Waals surface area contributed by atoms with Crippen molar-refractivity contribution in [1.82, 2.24) is 4.90 Å². The fourth-order valence-corrected chi connectivity index (χ4v) is 3.41. The summed E-state index contributed by atoms with van der Waals surface area (Å²) in [6, 6.07) is 5.60. The second-order valence-corrected chi connectivity index (χ2v) is 6.88. The molecule has 0 bridgehead atoms. The summed E-state index contributed by atoms with van der Waals surface area (Å²) in [5.74, 6) is 0. The van der Waals surface area contributed by atoms with Crippen LogP contribution in [0.4, 0.5) is 0 Å². The highest BCUT2D eigenvalue weighted by molar-refractivity contribution is 6.33. The molecule has 1 saturated heterocycles. The van der Waals surface area contributed by atoms with Crippen LogP contribution in [-0.4, -0.2) is 36.2 Å². The Morgan fingerprint density at radius 3 is 2.75 bits per heavy atom. The first-order chi connectivity index (χ1) is 9.32. The maximum absolute atomic E-state index is 6.32. The average Bonchev–Trinajstić information content (AvgIpc) is 2.32. The fourth-order valence-electron chi connectivity index (χ4n) is 2.98. The standard InChI is InChI=1S/C15H22Cl2N2O/c1-10-8-19(9-15(2,3)20-10)14(7-18)12-6-11(16)4-5-13(12)17/h4-6,10,14H,7-9,18H2,1-3H3. The van der Waals surface area contributed by atoms with Crippen molar-refractivity contribution < 1.29 is 4.74 Å². The molecule has 0 radical (unpaired) electrons. The van der Waals surface area contributed by atoms with Crippen molar-refractivity contribution in [2.24, 2.45) is 5.73 Å². The van der Waals surface area contributed by atoms with Gasteiger partial charge in [0, 0.05) is 35.7 Å². The molecule has 2 atom stereocenters. The van der Waals surface area contributed by atoms with Crippen molar-refractivity contribution in [1.29, 1.82) is 0 Å². The van der Waals surface area contributed by atoms with E-state index in [4.69, 9.17) is 33.7 Å².